The number of rotatable bonds is 1. The molecular formula is C15H10ClNO2. The minimum atomic E-state index is 0.539. The van der Waals surface area contributed by atoms with Gasteiger partial charge in [-0.3, -0.25) is 0 Å². The zero-order valence-corrected chi connectivity index (χ0v) is 10.8. The number of hydrogen-bond acceptors (Lipinski definition) is 3. The number of fused-ring (bicyclic) bond motifs is 1. The molecule has 2 aromatic carbocycles. The third-order valence-electron chi connectivity index (χ3n) is 2.90. The van der Waals surface area contributed by atoms with E-state index < -0.39 is 0 Å². The molecular weight excluding hydrogens is 262 g/mol. The summed E-state index contributed by atoms with van der Waals surface area (Å²) in [7, 11) is 0. The molecule has 0 aliphatic carbocycles. The zero-order chi connectivity index (χ0) is 13.2. The quantitative estimate of drug-likeness (QED) is 0.795. The van der Waals surface area contributed by atoms with E-state index in [4.69, 9.17) is 26.3 Å². The maximum Gasteiger partial charge on any atom is 0.161 e. The Morgan fingerprint density at radius 1 is 0.947 bits per heavy atom. The van der Waals surface area contributed by atoms with Gasteiger partial charge in [0.1, 0.15) is 13.2 Å². The maximum absolute atomic E-state index is 8.97. The van der Waals surface area contributed by atoms with Crippen molar-refractivity contribution in [3.05, 3.63) is 47.0 Å². The summed E-state index contributed by atoms with van der Waals surface area (Å²) < 4.78 is 11.0. The summed E-state index contributed by atoms with van der Waals surface area (Å²) >= 11 is 6.02. The Morgan fingerprint density at radius 2 is 1.74 bits per heavy atom. The van der Waals surface area contributed by atoms with Crippen molar-refractivity contribution >= 4 is 11.6 Å². The van der Waals surface area contributed by atoms with Gasteiger partial charge in [-0.2, -0.15) is 5.26 Å². The van der Waals surface area contributed by atoms with Gasteiger partial charge in [-0.25, -0.2) is 0 Å². The van der Waals surface area contributed by atoms with Gasteiger partial charge in [-0.1, -0.05) is 17.7 Å². The minimum absolute atomic E-state index is 0.539. The van der Waals surface area contributed by atoms with Crippen LogP contribution in [-0.4, -0.2) is 13.2 Å². The predicted molar refractivity (Wildman–Crippen MR) is 72.6 cm³/mol. The van der Waals surface area contributed by atoms with E-state index in [9.17, 15) is 0 Å². The number of benzene rings is 2. The number of halogens is 1. The molecule has 3 nitrogen and oxygen atoms in total. The molecule has 0 atom stereocenters. The van der Waals surface area contributed by atoms with Gasteiger partial charge >= 0.3 is 0 Å². The van der Waals surface area contributed by atoms with Crippen molar-refractivity contribution < 1.29 is 9.47 Å². The number of ether oxygens (including phenoxy) is 2. The third-order valence-corrected chi connectivity index (χ3v) is 3.12. The van der Waals surface area contributed by atoms with Crippen LogP contribution < -0.4 is 9.47 Å². The molecule has 19 heavy (non-hydrogen) atoms. The summed E-state index contributed by atoms with van der Waals surface area (Å²) in [4.78, 5) is 0. The molecule has 0 aromatic heterocycles. The normalized spacial score (nSPS) is 12.8. The summed E-state index contributed by atoms with van der Waals surface area (Å²) in [5, 5.41) is 9.52. The molecule has 0 radical (unpaired) electrons. The molecule has 94 valence electrons. The first-order valence-corrected chi connectivity index (χ1v) is 6.25. The van der Waals surface area contributed by atoms with E-state index in [0.717, 1.165) is 22.6 Å². The van der Waals surface area contributed by atoms with E-state index in [1.54, 1.807) is 12.1 Å². The highest BCUT2D eigenvalue weighted by Gasteiger charge is 2.12. The van der Waals surface area contributed by atoms with Crippen molar-refractivity contribution in [1.29, 1.82) is 5.26 Å². The molecule has 0 amide bonds. The van der Waals surface area contributed by atoms with Crippen LogP contribution in [-0.2, 0) is 0 Å². The maximum atomic E-state index is 8.97. The van der Waals surface area contributed by atoms with Gasteiger partial charge in [0.15, 0.2) is 11.5 Å². The highest BCUT2D eigenvalue weighted by molar-refractivity contribution is 6.31. The molecule has 4 heteroatoms. The molecule has 0 saturated carbocycles. The van der Waals surface area contributed by atoms with Gasteiger partial charge in [-0.15, -0.1) is 0 Å². The van der Waals surface area contributed by atoms with Crippen molar-refractivity contribution in [3.63, 3.8) is 0 Å². The second kappa shape index (κ2) is 4.83. The molecule has 1 aliphatic heterocycles. The Bertz CT molecular complexity index is 676. The van der Waals surface area contributed by atoms with Crippen LogP contribution in [0, 0.1) is 11.3 Å². The fourth-order valence-corrected chi connectivity index (χ4v) is 2.28. The standard InChI is InChI=1S/C15H10ClNO2/c16-13-6-10(9-17)5-12(7-13)11-1-2-14-15(8-11)19-4-3-18-14/h1-2,5-8H,3-4H2. The van der Waals surface area contributed by atoms with Crippen molar-refractivity contribution in [2.24, 2.45) is 0 Å². The highest BCUT2D eigenvalue weighted by atomic mass is 35.5. The zero-order valence-electron chi connectivity index (χ0n) is 10.0. The molecule has 0 spiro atoms. The summed E-state index contributed by atoms with van der Waals surface area (Å²) in [6.45, 7) is 1.12. The lowest BCUT2D eigenvalue weighted by Crippen LogP contribution is -2.15. The van der Waals surface area contributed by atoms with E-state index in [1.165, 1.54) is 0 Å². The van der Waals surface area contributed by atoms with Crippen LogP contribution in [0.5, 0.6) is 11.5 Å². The fourth-order valence-electron chi connectivity index (χ4n) is 2.04. The highest BCUT2D eigenvalue weighted by Crippen LogP contribution is 2.35. The van der Waals surface area contributed by atoms with Crippen molar-refractivity contribution in [3.8, 4) is 28.7 Å². The third kappa shape index (κ3) is 2.35. The average molecular weight is 272 g/mol. The summed E-state index contributed by atoms with van der Waals surface area (Å²) in [5.74, 6) is 1.47. The molecule has 3 rings (SSSR count). The van der Waals surface area contributed by atoms with Gasteiger partial charge < -0.3 is 9.47 Å². The van der Waals surface area contributed by atoms with E-state index in [0.29, 0.717) is 23.8 Å². The van der Waals surface area contributed by atoms with Crippen LogP contribution >= 0.6 is 11.6 Å². The van der Waals surface area contributed by atoms with Gasteiger partial charge in [0.2, 0.25) is 0 Å². The topological polar surface area (TPSA) is 42.2 Å². The lowest BCUT2D eigenvalue weighted by molar-refractivity contribution is 0.171. The Morgan fingerprint density at radius 3 is 2.53 bits per heavy atom. The van der Waals surface area contributed by atoms with Crippen molar-refractivity contribution in [1.82, 2.24) is 0 Å². The van der Waals surface area contributed by atoms with E-state index >= 15 is 0 Å². The van der Waals surface area contributed by atoms with Gasteiger partial charge in [0.25, 0.3) is 0 Å². The largest absolute Gasteiger partial charge is 0.486 e. The van der Waals surface area contributed by atoms with Crippen molar-refractivity contribution in [2.45, 2.75) is 0 Å². The molecule has 0 bridgehead atoms. The molecule has 0 saturated heterocycles. The first kappa shape index (κ1) is 11.9. The van der Waals surface area contributed by atoms with Gasteiger partial charge in [0.05, 0.1) is 11.6 Å². The first-order chi connectivity index (χ1) is 9.26. The SMILES string of the molecule is N#Cc1cc(Cl)cc(-c2ccc3c(c2)OCCO3)c1. The molecule has 0 fully saturated rings. The van der Waals surface area contributed by atoms with Crippen LogP contribution in [0.4, 0.5) is 0 Å². The van der Waals surface area contributed by atoms with E-state index in [-0.39, 0.29) is 0 Å². The summed E-state index contributed by atoms with van der Waals surface area (Å²) in [6.07, 6.45) is 0. The number of nitriles is 1. The Kier molecular flexibility index (Phi) is 3.02. The van der Waals surface area contributed by atoms with Crippen molar-refractivity contribution in [2.75, 3.05) is 13.2 Å². The van der Waals surface area contributed by atoms with E-state index in [2.05, 4.69) is 6.07 Å². The monoisotopic (exact) mass is 271 g/mol. The van der Waals surface area contributed by atoms with E-state index in [1.807, 2.05) is 24.3 Å². The average Bonchev–Trinajstić information content (AvgIpc) is 2.46. The second-order valence-corrected chi connectivity index (χ2v) is 4.64. The Hall–Kier alpha value is -2.18. The first-order valence-electron chi connectivity index (χ1n) is 5.87. The molecule has 2 aromatic rings. The fraction of sp³-hybridized carbons (Fsp3) is 0.133. The molecule has 1 heterocycles. The van der Waals surface area contributed by atoms with Crippen LogP contribution in [0.25, 0.3) is 11.1 Å². The minimum Gasteiger partial charge on any atom is -0.486 e. The van der Waals surface area contributed by atoms with Crippen LogP contribution in [0.15, 0.2) is 36.4 Å². The lowest BCUT2D eigenvalue weighted by atomic mass is 10.0. The van der Waals surface area contributed by atoms with Crippen LogP contribution in [0.1, 0.15) is 5.56 Å². The number of hydrogen-bond donors (Lipinski definition) is 0. The van der Waals surface area contributed by atoms with Crippen LogP contribution in [0.2, 0.25) is 5.02 Å². The number of nitrogens with zero attached hydrogens (tertiary/aromatic N) is 1. The predicted octanol–water partition coefficient (Wildman–Crippen LogP) is 3.65. The molecule has 0 unspecified atom stereocenters. The Balaban J connectivity index is 2.07. The summed E-state index contributed by atoms with van der Waals surface area (Å²) in [5.41, 5.74) is 2.38. The summed E-state index contributed by atoms with van der Waals surface area (Å²) in [6, 6.07) is 13.1. The van der Waals surface area contributed by atoms with Gasteiger partial charge in [0, 0.05) is 5.02 Å². The van der Waals surface area contributed by atoms with Crippen LogP contribution in [0.3, 0.4) is 0 Å². The molecule has 1 aliphatic rings. The Labute approximate surface area is 116 Å². The molecule has 0 N–H and O–H groups in total. The smallest absolute Gasteiger partial charge is 0.161 e. The lowest BCUT2D eigenvalue weighted by Gasteiger charge is -2.19. The second-order valence-electron chi connectivity index (χ2n) is 4.20. The van der Waals surface area contributed by atoms with Gasteiger partial charge in [-0.05, 0) is 41.5 Å².